The van der Waals surface area contributed by atoms with Gasteiger partial charge in [0.25, 0.3) is 0 Å². The van der Waals surface area contributed by atoms with Crippen LogP contribution in [0.2, 0.25) is 0 Å². The largest absolute Gasteiger partial charge is 0.496 e. The summed E-state index contributed by atoms with van der Waals surface area (Å²) in [4.78, 5) is 0. The Bertz CT molecular complexity index is 456. The van der Waals surface area contributed by atoms with Crippen molar-refractivity contribution < 1.29 is 14.2 Å². The molecule has 1 aromatic carbocycles. The van der Waals surface area contributed by atoms with E-state index in [1.54, 1.807) is 21.3 Å². The van der Waals surface area contributed by atoms with Crippen LogP contribution in [0, 0.1) is 5.92 Å². The number of hydrogen-bond donors (Lipinski definition) is 1. The first-order chi connectivity index (χ1) is 10.2. The zero-order chi connectivity index (χ0) is 15.2. The Hall–Kier alpha value is -1.42. The summed E-state index contributed by atoms with van der Waals surface area (Å²) >= 11 is 0. The van der Waals surface area contributed by atoms with E-state index in [-0.39, 0.29) is 0 Å². The SMILES string of the molecule is COc1cc(OC)c(OC)cc1CNC(C)C1CCCC1. The molecule has 4 nitrogen and oxygen atoms in total. The highest BCUT2D eigenvalue weighted by Crippen LogP contribution is 2.35. The fraction of sp³-hybridized carbons (Fsp3) is 0.647. The van der Waals surface area contributed by atoms with E-state index >= 15 is 0 Å². The van der Waals surface area contributed by atoms with Crippen molar-refractivity contribution in [3.8, 4) is 17.2 Å². The molecule has 1 saturated carbocycles. The molecule has 0 bridgehead atoms. The van der Waals surface area contributed by atoms with Gasteiger partial charge in [-0.2, -0.15) is 0 Å². The van der Waals surface area contributed by atoms with Crippen molar-refractivity contribution >= 4 is 0 Å². The topological polar surface area (TPSA) is 39.7 Å². The molecule has 1 aliphatic rings. The first-order valence-corrected chi connectivity index (χ1v) is 7.71. The van der Waals surface area contributed by atoms with Crippen LogP contribution in [0.25, 0.3) is 0 Å². The third kappa shape index (κ3) is 3.82. The molecule has 118 valence electrons. The number of rotatable bonds is 7. The molecule has 1 fully saturated rings. The van der Waals surface area contributed by atoms with Crippen LogP contribution >= 0.6 is 0 Å². The van der Waals surface area contributed by atoms with Crippen molar-refractivity contribution in [2.24, 2.45) is 5.92 Å². The molecule has 4 heteroatoms. The van der Waals surface area contributed by atoms with E-state index in [1.165, 1.54) is 25.7 Å². The van der Waals surface area contributed by atoms with Gasteiger partial charge in [-0.25, -0.2) is 0 Å². The maximum atomic E-state index is 5.47. The highest BCUT2D eigenvalue weighted by Gasteiger charge is 2.21. The van der Waals surface area contributed by atoms with Crippen LogP contribution in [-0.4, -0.2) is 27.4 Å². The lowest BCUT2D eigenvalue weighted by Gasteiger charge is -2.21. The molecule has 0 aromatic heterocycles. The van der Waals surface area contributed by atoms with Crippen molar-refractivity contribution in [3.05, 3.63) is 17.7 Å². The minimum Gasteiger partial charge on any atom is -0.496 e. The quantitative estimate of drug-likeness (QED) is 0.836. The zero-order valence-corrected chi connectivity index (χ0v) is 13.6. The van der Waals surface area contributed by atoms with Crippen LogP contribution in [0.4, 0.5) is 0 Å². The van der Waals surface area contributed by atoms with Crippen LogP contribution in [0.15, 0.2) is 12.1 Å². The average Bonchev–Trinajstić information content (AvgIpc) is 3.06. The third-order valence-electron chi connectivity index (χ3n) is 4.51. The predicted octanol–water partition coefficient (Wildman–Crippen LogP) is 3.38. The van der Waals surface area contributed by atoms with E-state index in [2.05, 4.69) is 12.2 Å². The predicted molar refractivity (Wildman–Crippen MR) is 84.4 cm³/mol. The van der Waals surface area contributed by atoms with E-state index in [0.29, 0.717) is 11.8 Å². The van der Waals surface area contributed by atoms with Gasteiger partial charge >= 0.3 is 0 Å². The van der Waals surface area contributed by atoms with E-state index in [4.69, 9.17) is 14.2 Å². The molecule has 0 spiro atoms. The van der Waals surface area contributed by atoms with Crippen molar-refractivity contribution in [2.45, 2.75) is 45.2 Å². The van der Waals surface area contributed by atoms with Crippen LogP contribution in [0.5, 0.6) is 17.2 Å². The molecule has 0 saturated heterocycles. The molecule has 0 aliphatic heterocycles. The Labute approximate surface area is 127 Å². The van der Waals surface area contributed by atoms with Crippen LogP contribution in [0.1, 0.15) is 38.2 Å². The molecular formula is C17H27NO3. The van der Waals surface area contributed by atoms with Gasteiger partial charge in [-0.05, 0) is 31.7 Å². The van der Waals surface area contributed by atoms with Crippen molar-refractivity contribution in [1.82, 2.24) is 5.32 Å². The Balaban J connectivity index is 2.07. The van der Waals surface area contributed by atoms with Crippen molar-refractivity contribution in [3.63, 3.8) is 0 Å². The maximum absolute atomic E-state index is 5.47. The summed E-state index contributed by atoms with van der Waals surface area (Å²) in [6.45, 7) is 3.06. The van der Waals surface area contributed by atoms with Gasteiger partial charge in [0.05, 0.1) is 21.3 Å². The second kappa shape index (κ2) is 7.55. The maximum Gasteiger partial charge on any atom is 0.164 e. The van der Waals surface area contributed by atoms with Gasteiger partial charge in [-0.15, -0.1) is 0 Å². The second-order valence-corrected chi connectivity index (χ2v) is 5.73. The molecule has 0 amide bonds. The highest BCUT2D eigenvalue weighted by atomic mass is 16.5. The van der Waals surface area contributed by atoms with Crippen LogP contribution in [-0.2, 0) is 6.54 Å². The molecule has 21 heavy (non-hydrogen) atoms. The lowest BCUT2D eigenvalue weighted by atomic mass is 9.99. The van der Waals surface area contributed by atoms with E-state index in [9.17, 15) is 0 Å². The minimum absolute atomic E-state index is 0.533. The van der Waals surface area contributed by atoms with E-state index < -0.39 is 0 Å². The zero-order valence-electron chi connectivity index (χ0n) is 13.6. The molecule has 1 aliphatic carbocycles. The standard InChI is InChI=1S/C17H27NO3/c1-12(13-7-5-6-8-13)18-11-14-9-16(20-3)17(21-4)10-15(14)19-2/h9-10,12-13,18H,5-8,11H2,1-4H3. The molecule has 1 aromatic rings. The molecule has 0 heterocycles. The van der Waals surface area contributed by atoms with Gasteiger partial charge < -0.3 is 19.5 Å². The third-order valence-corrected chi connectivity index (χ3v) is 4.51. The van der Waals surface area contributed by atoms with Crippen molar-refractivity contribution in [1.29, 1.82) is 0 Å². The second-order valence-electron chi connectivity index (χ2n) is 5.73. The molecule has 0 radical (unpaired) electrons. The Kier molecular flexibility index (Phi) is 5.74. The first-order valence-electron chi connectivity index (χ1n) is 7.71. The normalized spacial score (nSPS) is 16.8. The van der Waals surface area contributed by atoms with Gasteiger partial charge in [0, 0.05) is 24.2 Å². The number of hydrogen-bond acceptors (Lipinski definition) is 4. The summed E-state index contributed by atoms with van der Waals surface area (Å²) in [7, 11) is 4.98. The lowest BCUT2D eigenvalue weighted by Crippen LogP contribution is -2.31. The Morgan fingerprint density at radius 3 is 2.14 bits per heavy atom. The smallest absolute Gasteiger partial charge is 0.164 e. The summed E-state index contributed by atoms with van der Waals surface area (Å²) in [6.07, 6.45) is 5.43. The Morgan fingerprint density at radius 1 is 1.00 bits per heavy atom. The molecule has 2 rings (SSSR count). The monoisotopic (exact) mass is 293 g/mol. The summed E-state index contributed by atoms with van der Waals surface area (Å²) in [5.74, 6) is 3.07. The number of benzene rings is 1. The fourth-order valence-corrected chi connectivity index (χ4v) is 3.13. The number of ether oxygens (including phenoxy) is 3. The van der Waals surface area contributed by atoms with Gasteiger partial charge in [0.2, 0.25) is 0 Å². The van der Waals surface area contributed by atoms with E-state index in [1.807, 2.05) is 12.1 Å². The lowest BCUT2D eigenvalue weighted by molar-refractivity contribution is 0.344. The molecule has 1 unspecified atom stereocenters. The number of nitrogens with one attached hydrogen (secondary N) is 1. The Morgan fingerprint density at radius 2 is 1.57 bits per heavy atom. The molecule has 1 atom stereocenters. The van der Waals surface area contributed by atoms with Crippen LogP contribution in [0.3, 0.4) is 0 Å². The molecule has 1 N–H and O–H groups in total. The average molecular weight is 293 g/mol. The van der Waals surface area contributed by atoms with Gasteiger partial charge in [0.15, 0.2) is 11.5 Å². The highest BCUT2D eigenvalue weighted by molar-refractivity contribution is 5.50. The minimum atomic E-state index is 0.533. The van der Waals surface area contributed by atoms with Gasteiger partial charge in [0.1, 0.15) is 5.75 Å². The van der Waals surface area contributed by atoms with Crippen LogP contribution < -0.4 is 19.5 Å². The summed E-state index contributed by atoms with van der Waals surface area (Å²) in [5, 5.41) is 3.63. The summed E-state index contributed by atoms with van der Waals surface area (Å²) < 4.78 is 16.2. The van der Waals surface area contributed by atoms with Crippen molar-refractivity contribution in [2.75, 3.05) is 21.3 Å². The molecular weight excluding hydrogens is 266 g/mol. The summed E-state index contributed by atoms with van der Waals surface area (Å²) in [5.41, 5.74) is 1.10. The number of methoxy groups -OCH3 is 3. The van der Waals surface area contributed by atoms with Gasteiger partial charge in [-0.1, -0.05) is 12.8 Å². The summed E-state index contributed by atoms with van der Waals surface area (Å²) in [6, 6.07) is 4.41. The van der Waals surface area contributed by atoms with Gasteiger partial charge in [-0.3, -0.25) is 0 Å². The fourth-order valence-electron chi connectivity index (χ4n) is 3.13. The first kappa shape index (κ1) is 16.0. The van der Waals surface area contributed by atoms with E-state index in [0.717, 1.165) is 29.5 Å².